The Morgan fingerprint density at radius 1 is 1.21 bits per heavy atom. The average Bonchev–Trinajstić information content (AvgIpc) is 2.56. The third kappa shape index (κ3) is 3.51. The van der Waals surface area contributed by atoms with Crippen LogP contribution in [-0.4, -0.2) is 42.5 Å². The van der Waals surface area contributed by atoms with Crippen molar-refractivity contribution in [3.63, 3.8) is 0 Å². The number of rotatable bonds is 4. The van der Waals surface area contributed by atoms with Crippen LogP contribution >= 0.6 is 11.6 Å². The standard InChI is InChI=1S/C19H25ClN2O2/c1-4-13-8-18-16(10-17(13)20)14(9-19(23)24-18)11-22-7-6-21(3)12-15(22)5-2/h8-10,15H,4-7,11-12H2,1-3H3. The SMILES string of the molecule is CCc1cc2oc(=O)cc(CN3CCN(C)CC3CC)c2cc1Cl. The van der Waals surface area contributed by atoms with Gasteiger partial charge in [0.2, 0.25) is 0 Å². The fourth-order valence-electron chi connectivity index (χ4n) is 3.55. The van der Waals surface area contributed by atoms with Gasteiger partial charge in [-0.3, -0.25) is 4.90 Å². The molecule has 4 nitrogen and oxygen atoms in total. The first-order valence-electron chi connectivity index (χ1n) is 8.69. The highest BCUT2D eigenvalue weighted by Gasteiger charge is 2.24. The van der Waals surface area contributed by atoms with Gasteiger partial charge < -0.3 is 9.32 Å². The van der Waals surface area contributed by atoms with Gasteiger partial charge in [-0.2, -0.15) is 0 Å². The van der Waals surface area contributed by atoms with E-state index in [4.69, 9.17) is 16.0 Å². The van der Waals surface area contributed by atoms with Gasteiger partial charge in [-0.05, 0) is 43.1 Å². The number of hydrogen-bond donors (Lipinski definition) is 0. The monoisotopic (exact) mass is 348 g/mol. The van der Waals surface area contributed by atoms with Gasteiger partial charge in [0.1, 0.15) is 5.58 Å². The summed E-state index contributed by atoms with van der Waals surface area (Å²) in [5.41, 5.74) is 2.37. The van der Waals surface area contributed by atoms with Crippen molar-refractivity contribution < 1.29 is 4.42 Å². The van der Waals surface area contributed by atoms with Gasteiger partial charge in [-0.1, -0.05) is 25.4 Å². The van der Waals surface area contributed by atoms with Crippen molar-refractivity contribution in [1.29, 1.82) is 0 Å². The van der Waals surface area contributed by atoms with E-state index < -0.39 is 0 Å². The van der Waals surface area contributed by atoms with Gasteiger partial charge >= 0.3 is 5.63 Å². The first-order chi connectivity index (χ1) is 11.5. The van der Waals surface area contributed by atoms with Gasteiger partial charge in [0, 0.05) is 48.7 Å². The van der Waals surface area contributed by atoms with Gasteiger partial charge in [-0.25, -0.2) is 4.79 Å². The van der Waals surface area contributed by atoms with Crippen molar-refractivity contribution in [2.24, 2.45) is 0 Å². The van der Waals surface area contributed by atoms with Crippen LogP contribution in [0, 0.1) is 0 Å². The van der Waals surface area contributed by atoms with Crippen molar-refractivity contribution in [2.45, 2.75) is 39.3 Å². The third-order valence-electron chi connectivity index (χ3n) is 5.03. The van der Waals surface area contributed by atoms with E-state index in [-0.39, 0.29) is 5.63 Å². The second-order valence-corrected chi connectivity index (χ2v) is 7.09. The molecule has 2 heterocycles. The van der Waals surface area contributed by atoms with Crippen LogP contribution in [0.15, 0.2) is 27.4 Å². The lowest BCUT2D eigenvalue weighted by atomic mass is 10.0. The summed E-state index contributed by atoms with van der Waals surface area (Å²) in [6, 6.07) is 5.99. The lowest BCUT2D eigenvalue weighted by Gasteiger charge is -2.39. The number of hydrogen-bond acceptors (Lipinski definition) is 4. The van der Waals surface area contributed by atoms with Crippen molar-refractivity contribution in [2.75, 3.05) is 26.7 Å². The second-order valence-electron chi connectivity index (χ2n) is 6.68. The minimum Gasteiger partial charge on any atom is -0.423 e. The second kappa shape index (κ2) is 7.26. The van der Waals surface area contributed by atoms with Crippen molar-refractivity contribution >= 4 is 22.6 Å². The van der Waals surface area contributed by atoms with E-state index in [0.29, 0.717) is 11.6 Å². The topological polar surface area (TPSA) is 36.7 Å². The zero-order chi connectivity index (χ0) is 17.3. The van der Waals surface area contributed by atoms with Crippen LogP contribution in [0.1, 0.15) is 31.4 Å². The molecule has 1 atom stereocenters. The van der Waals surface area contributed by atoms with Crippen LogP contribution in [0.5, 0.6) is 0 Å². The van der Waals surface area contributed by atoms with Crippen LogP contribution in [0.3, 0.4) is 0 Å². The summed E-state index contributed by atoms with van der Waals surface area (Å²) in [4.78, 5) is 16.8. The van der Waals surface area contributed by atoms with E-state index >= 15 is 0 Å². The minimum atomic E-state index is -0.288. The molecular formula is C19H25ClN2O2. The van der Waals surface area contributed by atoms with E-state index in [1.54, 1.807) is 6.07 Å². The Kier molecular flexibility index (Phi) is 5.28. The molecule has 1 aromatic carbocycles. The number of nitrogens with zero attached hydrogens (tertiary/aromatic N) is 2. The van der Waals surface area contributed by atoms with E-state index in [9.17, 15) is 4.79 Å². The molecule has 5 heteroatoms. The van der Waals surface area contributed by atoms with Crippen LogP contribution in [0.25, 0.3) is 11.0 Å². The highest BCUT2D eigenvalue weighted by molar-refractivity contribution is 6.32. The van der Waals surface area contributed by atoms with Crippen molar-refractivity contribution in [3.05, 3.63) is 44.8 Å². The largest absolute Gasteiger partial charge is 0.423 e. The summed E-state index contributed by atoms with van der Waals surface area (Å²) in [5.74, 6) is 0. The quantitative estimate of drug-likeness (QED) is 0.792. The maximum absolute atomic E-state index is 12.0. The van der Waals surface area contributed by atoms with Gasteiger partial charge in [0.15, 0.2) is 0 Å². The molecular weight excluding hydrogens is 324 g/mol. The number of fused-ring (bicyclic) bond motifs is 1. The molecule has 0 saturated carbocycles. The Labute approximate surface area is 148 Å². The first-order valence-corrected chi connectivity index (χ1v) is 9.07. The molecule has 1 fully saturated rings. The Morgan fingerprint density at radius 3 is 2.71 bits per heavy atom. The Hall–Kier alpha value is -1.36. The molecule has 0 spiro atoms. The fraction of sp³-hybridized carbons (Fsp3) is 0.526. The van der Waals surface area contributed by atoms with Crippen LogP contribution in [0.2, 0.25) is 5.02 Å². The van der Waals surface area contributed by atoms with Gasteiger partial charge in [0.25, 0.3) is 0 Å². The third-order valence-corrected chi connectivity index (χ3v) is 5.38. The molecule has 1 saturated heterocycles. The van der Waals surface area contributed by atoms with E-state index in [2.05, 4.69) is 23.8 Å². The molecule has 1 aliphatic rings. The molecule has 0 N–H and O–H groups in total. The predicted octanol–water partition coefficient (Wildman–Crippen LogP) is 3.53. The normalized spacial score (nSPS) is 19.9. The molecule has 24 heavy (non-hydrogen) atoms. The summed E-state index contributed by atoms with van der Waals surface area (Å²) < 4.78 is 5.42. The zero-order valence-corrected chi connectivity index (χ0v) is 15.4. The summed E-state index contributed by atoms with van der Waals surface area (Å²) >= 11 is 6.39. The summed E-state index contributed by atoms with van der Waals surface area (Å²) in [6.07, 6.45) is 1.92. The first kappa shape index (κ1) is 17.5. The number of halogens is 1. The molecule has 0 radical (unpaired) electrons. The van der Waals surface area contributed by atoms with E-state index in [0.717, 1.165) is 60.6 Å². The molecule has 0 bridgehead atoms. The fourth-order valence-corrected chi connectivity index (χ4v) is 3.85. The Balaban J connectivity index is 1.99. The van der Waals surface area contributed by atoms with Crippen molar-refractivity contribution in [3.8, 4) is 0 Å². The number of piperazine rings is 1. The molecule has 1 aliphatic heterocycles. The predicted molar refractivity (Wildman–Crippen MR) is 98.9 cm³/mol. The van der Waals surface area contributed by atoms with Crippen LogP contribution in [0.4, 0.5) is 0 Å². The molecule has 2 aromatic rings. The van der Waals surface area contributed by atoms with Gasteiger partial charge in [-0.15, -0.1) is 0 Å². The van der Waals surface area contributed by atoms with E-state index in [1.807, 2.05) is 19.1 Å². The molecule has 0 amide bonds. The number of likely N-dealkylation sites (N-methyl/N-ethyl adjacent to an activating group) is 1. The summed E-state index contributed by atoms with van der Waals surface area (Å²) in [6.45, 7) is 8.16. The highest BCUT2D eigenvalue weighted by Crippen LogP contribution is 2.27. The van der Waals surface area contributed by atoms with Crippen LogP contribution in [-0.2, 0) is 13.0 Å². The summed E-state index contributed by atoms with van der Waals surface area (Å²) in [5, 5.41) is 1.69. The zero-order valence-electron chi connectivity index (χ0n) is 14.6. The number of aryl methyl sites for hydroxylation is 1. The van der Waals surface area contributed by atoms with E-state index in [1.165, 1.54) is 0 Å². The molecule has 130 valence electrons. The molecule has 1 aromatic heterocycles. The Bertz CT molecular complexity index is 787. The van der Waals surface area contributed by atoms with Gasteiger partial charge in [0.05, 0.1) is 0 Å². The highest BCUT2D eigenvalue weighted by atomic mass is 35.5. The Morgan fingerprint density at radius 2 is 2.00 bits per heavy atom. The van der Waals surface area contributed by atoms with Crippen LogP contribution < -0.4 is 5.63 Å². The molecule has 0 aliphatic carbocycles. The lowest BCUT2D eigenvalue weighted by Crippen LogP contribution is -2.51. The molecule has 1 unspecified atom stereocenters. The maximum Gasteiger partial charge on any atom is 0.336 e. The smallest absolute Gasteiger partial charge is 0.336 e. The minimum absolute atomic E-state index is 0.288. The lowest BCUT2D eigenvalue weighted by molar-refractivity contribution is 0.0815. The summed E-state index contributed by atoms with van der Waals surface area (Å²) in [7, 11) is 2.17. The number of benzene rings is 1. The molecule has 3 rings (SSSR count). The average molecular weight is 349 g/mol. The maximum atomic E-state index is 12.0. The van der Waals surface area contributed by atoms with Crippen molar-refractivity contribution in [1.82, 2.24) is 9.80 Å².